The predicted octanol–water partition coefficient (Wildman–Crippen LogP) is 4.11. The van der Waals surface area contributed by atoms with E-state index >= 15 is 0 Å². The van der Waals surface area contributed by atoms with Crippen molar-refractivity contribution in [2.24, 2.45) is 0 Å². The van der Waals surface area contributed by atoms with Gasteiger partial charge in [0.05, 0.1) is 12.2 Å². The molecule has 0 saturated carbocycles. The van der Waals surface area contributed by atoms with E-state index in [9.17, 15) is 4.79 Å². The number of ether oxygens (including phenoxy) is 1. The molecular formula is C16H22O2. The lowest BCUT2D eigenvalue weighted by atomic mass is 9.87. The Labute approximate surface area is 110 Å². The van der Waals surface area contributed by atoms with Gasteiger partial charge >= 0.3 is 5.97 Å². The third kappa shape index (κ3) is 4.36. The van der Waals surface area contributed by atoms with Crippen LogP contribution in [0, 0.1) is 0 Å². The van der Waals surface area contributed by atoms with Gasteiger partial charge in [0.1, 0.15) is 0 Å². The Morgan fingerprint density at radius 2 is 1.78 bits per heavy atom. The summed E-state index contributed by atoms with van der Waals surface area (Å²) in [5, 5.41) is 0. The Balaban J connectivity index is 2.62. The van der Waals surface area contributed by atoms with E-state index in [1.54, 1.807) is 0 Å². The fourth-order valence-corrected chi connectivity index (χ4v) is 1.51. The molecule has 2 heteroatoms. The van der Waals surface area contributed by atoms with Crippen molar-refractivity contribution in [1.82, 2.24) is 0 Å². The maximum absolute atomic E-state index is 11.7. The van der Waals surface area contributed by atoms with Crippen LogP contribution in [0.3, 0.4) is 0 Å². The van der Waals surface area contributed by atoms with E-state index in [1.165, 1.54) is 5.56 Å². The summed E-state index contributed by atoms with van der Waals surface area (Å²) in [6.07, 6.45) is 0.714. The van der Waals surface area contributed by atoms with Crippen molar-refractivity contribution in [2.45, 2.75) is 39.5 Å². The van der Waals surface area contributed by atoms with Crippen molar-refractivity contribution >= 4 is 5.97 Å². The molecule has 0 N–H and O–H groups in total. The fraction of sp³-hybridized carbons (Fsp3) is 0.438. The molecule has 0 aliphatic rings. The molecule has 0 saturated heterocycles. The SMILES string of the molecule is C=C(C)CCOC(=O)c1ccc(C(C)(C)C)cc1. The summed E-state index contributed by atoms with van der Waals surface area (Å²) < 4.78 is 5.16. The summed E-state index contributed by atoms with van der Waals surface area (Å²) in [6, 6.07) is 7.61. The van der Waals surface area contributed by atoms with Crippen LogP contribution in [0.15, 0.2) is 36.4 Å². The molecule has 0 spiro atoms. The van der Waals surface area contributed by atoms with Gasteiger partial charge < -0.3 is 4.74 Å². The second-order valence-electron chi connectivity index (χ2n) is 5.67. The van der Waals surface area contributed by atoms with Crippen molar-refractivity contribution in [1.29, 1.82) is 0 Å². The number of hydrogen-bond acceptors (Lipinski definition) is 2. The highest BCUT2D eigenvalue weighted by molar-refractivity contribution is 5.89. The molecule has 2 nitrogen and oxygen atoms in total. The minimum atomic E-state index is -0.267. The standard InChI is InChI=1S/C16H22O2/c1-12(2)10-11-18-15(17)13-6-8-14(9-7-13)16(3,4)5/h6-9H,1,10-11H2,2-5H3. The molecule has 1 rings (SSSR count). The first-order chi connectivity index (χ1) is 8.30. The van der Waals surface area contributed by atoms with E-state index in [-0.39, 0.29) is 11.4 Å². The van der Waals surface area contributed by atoms with E-state index in [0.29, 0.717) is 18.6 Å². The summed E-state index contributed by atoms with van der Waals surface area (Å²) in [5.41, 5.74) is 2.93. The Bertz CT molecular complexity index is 421. The minimum absolute atomic E-state index is 0.0996. The summed E-state index contributed by atoms with van der Waals surface area (Å²) in [5.74, 6) is -0.267. The topological polar surface area (TPSA) is 26.3 Å². The van der Waals surface area contributed by atoms with Crippen LogP contribution < -0.4 is 0 Å². The third-order valence-electron chi connectivity index (χ3n) is 2.75. The van der Waals surface area contributed by atoms with Gasteiger partial charge in [-0.15, -0.1) is 6.58 Å². The van der Waals surface area contributed by atoms with E-state index in [4.69, 9.17) is 4.74 Å². The van der Waals surface area contributed by atoms with Crippen LogP contribution in [0.2, 0.25) is 0 Å². The number of rotatable bonds is 4. The van der Waals surface area contributed by atoms with Gasteiger partial charge in [-0.3, -0.25) is 0 Å². The summed E-state index contributed by atoms with van der Waals surface area (Å²) >= 11 is 0. The minimum Gasteiger partial charge on any atom is -0.462 e. The highest BCUT2D eigenvalue weighted by Crippen LogP contribution is 2.22. The molecule has 0 heterocycles. The molecule has 0 unspecified atom stereocenters. The average molecular weight is 246 g/mol. The number of esters is 1. The van der Waals surface area contributed by atoms with Crippen LogP contribution in [0.4, 0.5) is 0 Å². The van der Waals surface area contributed by atoms with Gasteiger partial charge in [0.25, 0.3) is 0 Å². The van der Waals surface area contributed by atoms with Gasteiger partial charge in [0.2, 0.25) is 0 Å². The molecule has 0 fully saturated rings. The van der Waals surface area contributed by atoms with E-state index in [2.05, 4.69) is 27.4 Å². The second kappa shape index (κ2) is 5.85. The molecule has 18 heavy (non-hydrogen) atoms. The van der Waals surface area contributed by atoms with E-state index in [0.717, 1.165) is 5.57 Å². The molecule has 0 amide bonds. The first-order valence-corrected chi connectivity index (χ1v) is 6.23. The maximum Gasteiger partial charge on any atom is 0.338 e. The Morgan fingerprint density at radius 3 is 2.22 bits per heavy atom. The largest absolute Gasteiger partial charge is 0.462 e. The van der Waals surface area contributed by atoms with Crippen molar-refractivity contribution in [3.8, 4) is 0 Å². The van der Waals surface area contributed by atoms with Crippen molar-refractivity contribution in [2.75, 3.05) is 6.61 Å². The first-order valence-electron chi connectivity index (χ1n) is 6.23. The predicted molar refractivity (Wildman–Crippen MR) is 74.9 cm³/mol. The van der Waals surface area contributed by atoms with Gasteiger partial charge in [0.15, 0.2) is 0 Å². The molecule has 1 aromatic carbocycles. The first kappa shape index (κ1) is 14.5. The smallest absolute Gasteiger partial charge is 0.338 e. The van der Waals surface area contributed by atoms with Crippen LogP contribution in [0.5, 0.6) is 0 Å². The highest BCUT2D eigenvalue weighted by Gasteiger charge is 2.14. The van der Waals surface area contributed by atoms with Crippen molar-refractivity contribution in [3.05, 3.63) is 47.5 Å². The zero-order chi connectivity index (χ0) is 13.8. The number of hydrogen-bond donors (Lipinski definition) is 0. The molecule has 0 bridgehead atoms. The summed E-state index contributed by atoms with van der Waals surface area (Å²) in [4.78, 5) is 11.7. The molecule has 0 aliphatic carbocycles. The molecule has 0 radical (unpaired) electrons. The third-order valence-corrected chi connectivity index (χ3v) is 2.75. The maximum atomic E-state index is 11.7. The van der Waals surface area contributed by atoms with Crippen LogP contribution in [-0.4, -0.2) is 12.6 Å². The molecule has 1 aromatic rings. The van der Waals surface area contributed by atoms with Gasteiger partial charge in [-0.1, -0.05) is 38.5 Å². The Morgan fingerprint density at radius 1 is 1.22 bits per heavy atom. The van der Waals surface area contributed by atoms with Gasteiger partial charge in [-0.2, -0.15) is 0 Å². The van der Waals surface area contributed by atoms with Crippen LogP contribution in [0.1, 0.15) is 50.0 Å². The van der Waals surface area contributed by atoms with E-state index < -0.39 is 0 Å². The molecule has 98 valence electrons. The number of carbonyl (C=O) groups is 1. The summed E-state index contributed by atoms with van der Waals surface area (Å²) in [7, 11) is 0. The van der Waals surface area contributed by atoms with Gasteiger partial charge in [-0.25, -0.2) is 4.79 Å². The average Bonchev–Trinajstić information content (AvgIpc) is 2.27. The number of benzene rings is 1. The lowest BCUT2D eigenvalue weighted by molar-refractivity contribution is 0.0509. The lowest BCUT2D eigenvalue weighted by Crippen LogP contribution is -2.12. The van der Waals surface area contributed by atoms with Crippen LogP contribution in [0.25, 0.3) is 0 Å². The Hall–Kier alpha value is -1.57. The zero-order valence-electron chi connectivity index (χ0n) is 11.7. The normalized spacial score (nSPS) is 11.1. The summed E-state index contributed by atoms with van der Waals surface area (Å²) in [6.45, 7) is 12.5. The monoisotopic (exact) mass is 246 g/mol. The molecule has 0 aliphatic heterocycles. The fourth-order valence-electron chi connectivity index (χ4n) is 1.51. The second-order valence-corrected chi connectivity index (χ2v) is 5.67. The van der Waals surface area contributed by atoms with Crippen molar-refractivity contribution in [3.63, 3.8) is 0 Å². The van der Waals surface area contributed by atoms with Crippen LogP contribution in [-0.2, 0) is 10.2 Å². The van der Waals surface area contributed by atoms with E-state index in [1.807, 2.05) is 31.2 Å². The van der Waals surface area contributed by atoms with Crippen LogP contribution >= 0.6 is 0 Å². The number of carbonyl (C=O) groups excluding carboxylic acids is 1. The molecule has 0 atom stereocenters. The van der Waals surface area contributed by atoms with Gasteiger partial charge in [-0.05, 0) is 30.0 Å². The quantitative estimate of drug-likeness (QED) is 0.590. The zero-order valence-corrected chi connectivity index (χ0v) is 11.7. The highest BCUT2D eigenvalue weighted by atomic mass is 16.5. The van der Waals surface area contributed by atoms with Crippen molar-refractivity contribution < 1.29 is 9.53 Å². The van der Waals surface area contributed by atoms with Gasteiger partial charge in [0, 0.05) is 6.42 Å². The Kier molecular flexibility index (Phi) is 4.71. The molecule has 0 aromatic heterocycles. The lowest BCUT2D eigenvalue weighted by Gasteiger charge is -2.18. The molecular weight excluding hydrogens is 224 g/mol.